The van der Waals surface area contributed by atoms with Crippen molar-refractivity contribution in [2.75, 3.05) is 0 Å². The first-order valence-electron chi connectivity index (χ1n) is 5.27. The van der Waals surface area contributed by atoms with E-state index in [-0.39, 0.29) is 11.9 Å². The van der Waals surface area contributed by atoms with Crippen LogP contribution in [0.2, 0.25) is 0 Å². The summed E-state index contributed by atoms with van der Waals surface area (Å²) < 4.78 is 11.6. The third kappa shape index (κ3) is 1.08. The summed E-state index contributed by atoms with van der Waals surface area (Å²) in [5.41, 5.74) is 0. The molecule has 14 heavy (non-hydrogen) atoms. The predicted octanol–water partition coefficient (Wildman–Crippen LogP) is 2.40. The van der Waals surface area contributed by atoms with Crippen LogP contribution in [0.15, 0.2) is 23.7 Å². The van der Waals surface area contributed by atoms with Crippen LogP contribution in [0.4, 0.5) is 0 Å². The van der Waals surface area contributed by atoms with Crippen molar-refractivity contribution in [2.45, 2.75) is 44.0 Å². The van der Waals surface area contributed by atoms with Crippen molar-refractivity contribution in [3.63, 3.8) is 0 Å². The highest BCUT2D eigenvalue weighted by Crippen LogP contribution is 2.45. The summed E-state index contributed by atoms with van der Waals surface area (Å²) in [6, 6.07) is 0. The maximum atomic E-state index is 9.52. The maximum absolute atomic E-state index is 9.52. The first-order chi connectivity index (χ1) is 6.79. The van der Waals surface area contributed by atoms with E-state index in [2.05, 4.69) is 0 Å². The fraction of sp³-hybridized carbons (Fsp3) is 0.636. The molecule has 3 rings (SSSR count). The molecule has 1 saturated heterocycles. The first kappa shape index (κ1) is 8.36. The Bertz CT molecular complexity index is 310. The van der Waals surface area contributed by atoms with E-state index in [0.29, 0.717) is 0 Å². The number of aliphatic hydroxyl groups excluding tert-OH is 1. The number of hydrogen-bond donors (Lipinski definition) is 1. The molecule has 0 aromatic heterocycles. The van der Waals surface area contributed by atoms with Gasteiger partial charge in [0, 0.05) is 12.8 Å². The molecule has 3 nitrogen and oxygen atoms in total. The van der Waals surface area contributed by atoms with Crippen LogP contribution in [0.5, 0.6) is 0 Å². The molecule has 0 radical (unpaired) electrons. The SMILES string of the molecule is OC1=CC=C2OC3(CCCCC3)OC12. The lowest BCUT2D eigenvalue weighted by molar-refractivity contribution is -0.181. The van der Waals surface area contributed by atoms with Crippen LogP contribution in [0.1, 0.15) is 32.1 Å². The van der Waals surface area contributed by atoms with Crippen LogP contribution in [-0.4, -0.2) is 17.0 Å². The fourth-order valence-corrected chi connectivity index (χ4v) is 2.46. The van der Waals surface area contributed by atoms with Crippen molar-refractivity contribution < 1.29 is 14.6 Å². The predicted molar refractivity (Wildman–Crippen MR) is 50.6 cm³/mol. The molecule has 76 valence electrons. The number of allylic oxidation sites excluding steroid dienone is 2. The Morgan fingerprint density at radius 3 is 2.71 bits per heavy atom. The van der Waals surface area contributed by atoms with Crippen LogP contribution in [0.25, 0.3) is 0 Å². The van der Waals surface area contributed by atoms with Crippen LogP contribution in [0.3, 0.4) is 0 Å². The zero-order valence-corrected chi connectivity index (χ0v) is 8.03. The van der Waals surface area contributed by atoms with Gasteiger partial charge in [0.2, 0.25) is 5.79 Å². The van der Waals surface area contributed by atoms with Gasteiger partial charge in [-0.05, 0) is 25.0 Å². The van der Waals surface area contributed by atoms with E-state index in [1.54, 1.807) is 6.08 Å². The van der Waals surface area contributed by atoms with Gasteiger partial charge in [-0.3, -0.25) is 0 Å². The summed E-state index contributed by atoms with van der Waals surface area (Å²) in [7, 11) is 0. The molecule has 1 aliphatic heterocycles. The zero-order valence-electron chi connectivity index (χ0n) is 8.03. The van der Waals surface area contributed by atoms with E-state index >= 15 is 0 Å². The topological polar surface area (TPSA) is 38.7 Å². The van der Waals surface area contributed by atoms with Gasteiger partial charge in [0.05, 0.1) is 0 Å². The van der Waals surface area contributed by atoms with E-state index in [0.717, 1.165) is 31.4 Å². The lowest BCUT2D eigenvalue weighted by Crippen LogP contribution is -2.33. The smallest absolute Gasteiger partial charge is 0.211 e. The third-order valence-electron chi connectivity index (χ3n) is 3.20. The van der Waals surface area contributed by atoms with Gasteiger partial charge in [0.1, 0.15) is 11.5 Å². The third-order valence-corrected chi connectivity index (χ3v) is 3.20. The van der Waals surface area contributed by atoms with Crippen LogP contribution >= 0.6 is 0 Å². The average Bonchev–Trinajstić information content (AvgIpc) is 2.68. The highest BCUT2D eigenvalue weighted by molar-refractivity contribution is 5.31. The minimum Gasteiger partial charge on any atom is -0.509 e. The molecule has 3 aliphatic rings. The largest absolute Gasteiger partial charge is 0.509 e. The summed E-state index contributed by atoms with van der Waals surface area (Å²) in [6.07, 6.45) is 8.63. The van der Waals surface area contributed by atoms with E-state index in [1.807, 2.05) is 6.08 Å². The van der Waals surface area contributed by atoms with E-state index in [9.17, 15) is 5.11 Å². The van der Waals surface area contributed by atoms with Crippen molar-refractivity contribution in [3.8, 4) is 0 Å². The lowest BCUT2D eigenvalue weighted by Gasteiger charge is -2.31. The summed E-state index contributed by atoms with van der Waals surface area (Å²) in [4.78, 5) is 0. The Morgan fingerprint density at radius 2 is 2.00 bits per heavy atom. The second-order valence-electron chi connectivity index (χ2n) is 4.23. The molecule has 1 unspecified atom stereocenters. The van der Waals surface area contributed by atoms with Gasteiger partial charge < -0.3 is 14.6 Å². The quantitative estimate of drug-likeness (QED) is 0.643. The molecule has 1 heterocycles. The molecular formula is C11H14O3. The molecule has 0 aromatic carbocycles. The summed E-state index contributed by atoms with van der Waals surface area (Å²) in [5, 5.41) is 9.52. The van der Waals surface area contributed by atoms with Gasteiger partial charge >= 0.3 is 0 Å². The first-order valence-corrected chi connectivity index (χ1v) is 5.27. The normalized spacial score (nSPS) is 33.6. The van der Waals surface area contributed by atoms with Crippen LogP contribution in [0, 0.1) is 0 Å². The molecule has 0 bridgehead atoms. The van der Waals surface area contributed by atoms with Crippen LogP contribution in [-0.2, 0) is 9.47 Å². The zero-order chi connectivity index (χ0) is 9.60. The van der Waals surface area contributed by atoms with Crippen molar-refractivity contribution >= 4 is 0 Å². The van der Waals surface area contributed by atoms with Gasteiger partial charge in [0.25, 0.3) is 0 Å². The Kier molecular flexibility index (Phi) is 1.65. The van der Waals surface area contributed by atoms with Crippen molar-refractivity contribution in [1.29, 1.82) is 0 Å². The molecule has 2 fully saturated rings. The number of fused-ring (bicyclic) bond motifs is 1. The minimum atomic E-state index is -0.420. The number of rotatable bonds is 0. The van der Waals surface area contributed by atoms with Crippen molar-refractivity contribution in [3.05, 3.63) is 23.7 Å². The Labute approximate surface area is 83.0 Å². The molecular weight excluding hydrogens is 180 g/mol. The Morgan fingerprint density at radius 1 is 1.21 bits per heavy atom. The molecule has 1 atom stereocenters. The highest BCUT2D eigenvalue weighted by Gasteiger charge is 2.48. The van der Waals surface area contributed by atoms with Gasteiger partial charge in [-0.15, -0.1) is 0 Å². The minimum absolute atomic E-state index is 0.280. The summed E-state index contributed by atoms with van der Waals surface area (Å²) >= 11 is 0. The summed E-state index contributed by atoms with van der Waals surface area (Å²) in [5.74, 6) is 0.642. The second kappa shape index (κ2) is 2.76. The van der Waals surface area contributed by atoms with Crippen molar-refractivity contribution in [1.82, 2.24) is 0 Å². The lowest BCUT2D eigenvalue weighted by atomic mass is 9.94. The van der Waals surface area contributed by atoms with E-state index in [1.165, 1.54) is 6.42 Å². The number of hydrogen-bond acceptors (Lipinski definition) is 3. The number of aliphatic hydroxyl groups is 1. The Hall–Kier alpha value is -0.960. The standard InChI is InChI=1S/C11H14O3/c12-8-4-5-9-10(8)14-11(13-9)6-2-1-3-7-11/h4-5,10,12H,1-3,6-7H2. The molecule has 2 aliphatic carbocycles. The summed E-state index contributed by atoms with van der Waals surface area (Å²) in [6.45, 7) is 0. The molecule has 1 N–H and O–H groups in total. The highest BCUT2D eigenvalue weighted by atomic mass is 16.8. The fourth-order valence-electron chi connectivity index (χ4n) is 2.46. The Balaban J connectivity index is 1.81. The van der Waals surface area contributed by atoms with Gasteiger partial charge in [0.15, 0.2) is 6.10 Å². The monoisotopic (exact) mass is 194 g/mol. The molecule has 3 heteroatoms. The van der Waals surface area contributed by atoms with Gasteiger partial charge in [-0.25, -0.2) is 0 Å². The number of ether oxygens (including phenoxy) is 2. The molecule has 0 amide bonds. The second-order valence-corrected chi connectivity index (χ2v) is 4.23. The van der Waals surface area contributed by atoms with E-state index in [4.69, 9.17) is 9.47 Å². The maximum Gasteiger partial charge on any atom is 0.211 e. The van der Waals surface area contributed by atoms with Gasteiger partial charge in [-0.1, -0.05) is 6.42 Å². The molecule has 1 saturated carbocycles. The van der Waals surface area contributed by atoms with Crippen LogP contribution < -0.4 is 0 Å². The van der Waals surface area contributed by atoms with Crippen molar-refractivity contribution in [2.24, 2.45) is 0 Å². The molecule has 1 spiro atoms. The average molecular weight is 194 g/mol. The van der Waals surface area contributed by atoms with E-state index < -0.39 is 5.79 Å². The van der Waals surface area contributed by atoms with Gasteiger partial charge in [-0.2, -0.15) is 0 Å². The molecule has 0 aromatic rings.